The summed E-state index contributed by atoms with van der Waals surface area (Å²) in [7, 11) is 0. The Bertz CT molecular complexity index is 1100. The summed E-state index contributed by atoms with van der Waals surface area (Å²) >= 11 is 2.03. The predicted molar refractivity (Wildman–Crippen MR) is 120 cm³/mol. The lowest BCUT2D eigenvalue weighted by atomic mass is 10.0. The lowest BCUT2D eigenvalue weighted by Crippen LogP contribution is -2.16. The van der Waals surface area contributed by atoms with Crippen molar-refractivity contribution in [1.29, 1.82) is 0 Å². The Labute approximate surface area is 187 Å². The van der Waals surface area contributed by atoms with Crippen molar-refractivity contribution in [3.05, 3.63) is 86.5 Å². The first-order chi connectivity index (χ1) is 14.4. The van der Waals surface area contributed by atoms with Crippen LogP contribution >= 0.6 is 22.6 Å². The van der Waals surface area contributed by atoms with Crippen LogP contribution in [-0.2, 0) is 17.6 Å². The highest BCUT2D eigenvalue weighted by atomic mass is 127. The topological polar surface area (TPSA) is 82.3 Å². The molecule has 1 aromatic heterocycles. The second-order valence-electron chi connectivity index (χ2n) is 6.77. The molecule has 0 spiro atoms. The number of hydrogen-bond donors (Lipinski definition) is 1. The minimum Gasteiger partial charge on any atom is -0.455 e. The molecule has 2 N–H and O–H groups in total. The maximum atomic E-state index is 14.3. The zero-order chi connectivity index (χ0) is 21.7. The van der Waals surface area contributed by atoms with Crippen molar-refractivity contribution in [2.24, 2.45) is 5.73 Å². The lowest BCUT2D eigenvalue weighted by molar-refractivity contribution is -0.118. The average Bonchev–Trinajstić information content (AvgIpc) is 2.70. The van der Waals surface area contributed by atoms with Crippen LogP contribution in [0.4, 0.5) is 4.39 Å². The first-order valence-corrected chi connectivity index (χ1v) is 10.4. The van der Waals surface area contributed by atoms with Gasteiger partial charge in [-0.2, -0.15) is 0 Å². The molecule has 7 heteroatoms. The number of pyridine rings is 1. The van der Waals surface area contributed by atoms with Gasteiger partial charge < -0.3 is 10.5 Å². The van der Waals surface area contributed by atoms with Crippen LogP contribution < -0.4 is 10.5 Å². The molecule has 0 aliphatic rings. The fourth-order valence-electron chi connectivity index (χ4n) is 3.04. The number of halogens is 2. The van der Waals surface area contributed by atoms with Crippen LogP contribution in [-0.4, -0.2) is 16.7 Å². The second-order valence-corrected chi connectivity index (χ2v) is 8.01. The van der Waals surface area contributed by atoms with E-state index in [-0.39, 0.29) is 29.3 Å². The van der Waals surface area contributed by atoms with Crippen molar-refractivity contribution >= 4 is 34.3 Å². The highest BCUT2D eigenvalue weighted by Gasteiger charge is 2.18. The lowest BCUT2D eigenvalue weighted by Gasteiger charge is -2.14. The van der Waals surface area contributed by atoms with Crippen LogP contribution in [0.2, 0.25) is 0 Å². The summed E-state index contributed by atoms with van der Waals surface area (Å²) in [5.41, 5.74) is 7.47. The zero-order valence-electron chi connectivity index (χ0n) is 16.3. The Morgan fingerprint density at radius 2 is 1.93 bits per heavy atom. The molecular weight excluding hydrogens is 498 g/mol. The SMILES string of the molecule is CCC(=O)Cc1cccc(Oc2cncc(Cc3ccc(I)cc3F)c2C(N)=O)c1. The minimum atomic E-state index is -0.689. The number of ketones is 1. The highest BCUT2D eigenvalue weighted by Crippen LogP contribution is 2.29. The number of aromatic nitrogens is 1. The number of rotatable bonds is 8. The Hall–Kier alpha value is -2.81. The molecule has 0 aliphatic heterocycles. The van der Waals surface area contributed by atoms with Crippen LogP contribution in [0.25, 0.3) is 0 Å². The molecule has 5 nitrogen and oxygen atoms in total. The van der Waals surface area contributed by atoms with Gasteiger partial charge in [0.1, 0.15) is 17.3 Å². The summed E-state index contributed by atoms with van der Waals surface area (Å²) in [6, 6.07) is 12.0. The number of ether oxygens (including phenoxy) is 1. The molecule has 3 rings (SSSR count). The van der Waals surface area contributed by atoms with Crippen molar-refractivity contribution in [2.45, 2.75) is 26.2 Å². The largest absolute Gasteiger partial charge is 0.455 e. The maximum absolute atomic E-state index is 14.3. The summed E-state index contributed by atoms with van der Waals surface area (Å²) in [6.07, 6.45) is 3.80. The van der Waals surface area contributed by atoms with Crippen LogP contribution in [0.1, 0.15) is 40.4 Å². The van der Waals surface area contributed by atoms with Gasteiger partial charge in [0, 0.05) is 29.0 Å². The Kier molecular flexibility index (Phi) is 7.15. The molecule has 0 saturated heterocycles. The maximum Gasteiger partial charge on any atom is 0.252 e. The molecule has 0 aliphatic carbocycles. The predicted octanol–water partition coefficient (Wildman–Crippen LogP) is 4.83. The van der Waals surface area contributed by atoms with Crippen molar-refractivity contribution in [1.82, 2.24) is 4.98 Å². The third-order valence-electron chi connectivity index (χ3n) is 4.55. The van der Waals surface area contributed by atoms with Gasteiger partial charge >= 0.3 is 0 Å². The number of carbonyl (C=O) groups excluding carboxylic acids is 2. The molecule has 154 valence electrons. The molecule has 30 heavy (non-hydrogen) atoms. The Morgan fingerprint density at radius 3 is 2.63 bits per heavy atom. The molecule has 1 heterocycles. The summed E-state index contributed by atoms with van der Waals surface area (Å²) in [5.74, 6) is -0.293. The standard InChI is InChI=1S/C23H20FIN2O3/c1-2-18(28)8-14-4-3-5-19(9-14)30-21-13-27-12-16(22(21)23(26)29)10-15-6-7-17(25)11-20(15)24/h3-7,9,11-13H,2,8,10H2,1H3,(H2,26,29). The average molecular weight is 518 g/mol. The monoisotopic (exact) mass is 518 g/mol. The van der Waals surface area contributed by atoms with E-state index in [1.165, 1.54) is 18.5 Å². The number of nitrogens with two attached hydrogens (primary N) is 1. The number of carbonyl (C=O) groups is 2. The molecule has 2 aromatic carbocycles. The normalized spacial score (nSPS) is 10.6. The van der Waals surface area contributed by atoms with Crippen molar-refractivity contribution < 1.29 is 18.7 Å². The number of primary amides is 1. The van der Waals surface area contributed by atoms with E-state index in [1.807, 2.05) is 35.6 Å². The third kappa shape index (κ3) is 5.41. The minimum absolute atomic E-state index is 0.119. The number of hydrogen-bond acceptors (Lipinski definition) is 4. The fourth-order valence-corrected chi connectivity index (χ4v) is 3.50. The van der Waals surface area contributed by atoms with E-state index in [0.717, 1.165) is 9.13 Å². The summed E-state index contributed by atoms with van der Waals surface area (Å²) in [5, 5.41) is 0. The third-order valence-corrected chi connectivity index (χ3v) is 5.22. The Morgan fingerprint density at radius 1 is 1.13 bits per heavy atom. The number of amides is 1. The fraction of sp³-hybridized carbons (Fsp3) is 0.174. The number of benzene rings is 2. The van der Waals surface area contributed by atoms with Gasteiger partial charge in [-0.25, -0.2) is 4.39 Å². The molecule has 1 amide bonds. The van der Waals surface area contributed by atoms with Gasteiger partial charge in [-0.1, -0.05) is 25.1 Å². The summed E-state index contributed by atoms with van der Waals surface area (Å²) in [6.45, 7) is 1.81. The van der Waals surface area contributed by atoms with E-state index in [0.29, 0.717) is 29.7 Å². The number of nitrogens with zero attached hydrogens (tertiary/aromatic N) is 1. The molecule has 0 fully saturated rings. The van der Waals surface area contributed by atoms with Crippen LogP contribution in [0.3, 0.4) is 0 Å². The molecule has 0 atom stereocenters. The van der Waals surface area contributed by atoms with E-state index in [1.54, 1.807) is 30.3 Å². The van der Waals surface area contributed by atoms with Crippen LogP contribution in [0.5, 0.6) is 11.5 Å². The van der Waals surface area contributed by atoms with Crippen molar-refractivity contribution in [3.63, 3.8) is 0 Å². The van der Waals surface area contributed by atoms with Gasteiger partial charge in [0.2, 0.25) is 0 Å². The molecule has 0 unspecified atom stereocenters. The van der Waals surface area contributed by atoms with Gasteiger partial charge in [0.05, 0.1) is 11.8 Å². The van der Waals surface area contributed by atoms with E-state index >= 15 is 0 Å². The first kappa shape index (κ1) is 21.9. The quantitative estimate of drug-likeness (QED) is 0.434. The second kappa shape index (κ2) is 9.80. The van der Waals surface area contributed by atoms with Gasteiger partial charge in [0.25, 0.3) is 5.91 Å². The van der Waals surface area contributed by atoms with Crippen molar-refractivity contribution in [3.8, 4) is 11.5 Å². The van der Waals surface area contributed by atoms with Gasteiger partial charge in [-0.15, -0.1) is 0 Å². The smallest absolute Gasteiger partial charge is 0.252 e. The van der Waals surface area contributed by atoms with Gasteiger partial charge in [-0.05, 0) is 63.5 Å². The first-order valence-electron chi connectivity index (χ1n) is 9.36. The Balaban J connectivity index is 1.92. The molecule has 0 radical (unpaired) electrons. The summed E-state index contributed by atoms with van der Waals surface area (Å²) in [4.78, 5) is 28.0. The van der Waals surface area contributed by atoms with E-state index in [4.69, 9.17) is 10.5 Å². The van der Waals surface area contributed by atoms with Gasteiger partial charge in [-0.3, -0.25) is 14.6 Å². The number of Topliss-reactive ketones (excluding diaryl/α,β-unsaturated/α-hetero) is 1. The van der Waals surface area contributed by atoms with E-state index in [9.17, 15) is 14.0 Å². The molecular formula is C23H20FIN2O3. The van der Waals surface area contributed by atoms with Crippen LogP contribution in [0, 0.1) is 9.39 Å². The highest BCUT2D eigenvalue weighted by molar-refractivity contribution is 14.1. The summed E-state index contributed by atoms with van der Waals surface area (Å²) < 4.78 is 21.0. The van der Waals surface area contributed by atoms with E-state index in [2.05, 4.69) is 4.98 Å². The molecule has 0 bridgehead atoms. The van der Waals surface area contributed by atoms with Crippen LogP contribution in [0.15, 0.2) is 54.9 Å². The molecule has 3 aromatic rings. The van der Waals surface area contributed by atoms with Crippen molar-refractivity contribution in [2.75, 3.05) is 0 Å². The molecule has 0 saturated carbocycles. The van der Waals surface area contributed by atoms with E-state index < -0.39 is 5.91 Å². The van der Waals surface area contributed by atoms with Gasteiger partial charge in [0.15, 0.2) is 5.75 Å². The zero-order valence-corrected chi connectivity index (χ0v) is 18.5.